The Kier molecular flexibility index (Phi) is 29.9. The SMILES string of the molecule is CCCCCC/C=C\C/C=C\CCCCCCCC(=O)NC(COP(=O)(O)OCC(O)COC(=O)CCCCCCCCC)C(=O)O. The molecular weight excluding hydrogens is 625 g/mol. The highest BCUT2D eigenvalue weighted by Crippen LogP contribution is 2.43. The fourth-order valence-electron chi connectivity index (χ4n) is 4.64. The summed E-state index contributed by atoms with van der Waals surface area (Å²) in [6, 6.07) is -1.55. The van der Waals surface area contributed by atoms with Crippen LogP contribution in [0.5, 0.6) is 0 Å². The van der Waals surface area contributed by atoms with E-state index in [1.54, 1.807) is 0 Å². The minimum atomic E-state index is -4.74. The number of carboxylic acid groups (broad SMARTS) is 1. The van der Waals surface area contributed by atoms with Gasteiger partial charge in [-0.2, -0.15) is 0 Å². The summed E-state index contributed by atoms with van der Waals surface area (Å²) in [6.07, 6.45) is 28.1. The average Bonchev–Trinajstić information content (AvgIpc) is 3.04. The molecule has 274 valence electrons. The smallest absolute Gasteiger partial charge is 0.472 e. The number of carbonyl (C=O) groups is 3. The number of nitrogens with one attached hydrogen (secondary N) is 1. The monoisotopic (exact) mass is 689 g/mol. The molecule has 0 aromatic heterocycles. The Balaban J connectivity index is 4.02. The van der Waals surface area contributed by atoms with Crippen molar-refractivity contribution in [3.05, 3.63) is 24.3 Å². The van der Waals surface area contributed by atoms with Crippen LogP contribution >= 0.6 is 7.82 Å². The van der Waals surface area contributed by atoms with E-state index >= 15 is 0 Å². The third-order valence-corrected chi connectivity index (χ3v) is 8.44. The standard InChI is InChI=1S/C35H64NO10P/c1-3-5-7-9-11-12-13-14-15-16-17-18-19-21-22-24-26-33(38)36-32(35(40)41)30-46-47(42,43)45-29-31(37)28-44-34(39)27-25-23-20-10-8-6-4-2/h12-13,15-16,31-32,37H,3-11,14,17-30H2,1-2H3,(H,36,38)(H,40,41)(H,42,43)/b13-12-,16-15-. The normalized spacial score (nSPS) is 14.3. The Labute approximate surface area is 283 Å². The van der Waals surface area contributed by atoms with Gasteiger partial charge in [-0.3, -0.25) is 18.6 Å². The number of aliphatic carboxylic acids is 1. The number of hydrogen-bond acceptors (Lipinski definition) is 8. The number of phosphoric acid groups is 1. The molecule has 4 N–H and O–H groups in total. The van der Waals surface area contributed by atoms with E-state index in [1.165, 1.54) is 44.9 Å². The number of amides is 1. The molecule has 0 aromatic carbocycles. The molecule has 3 unspecified atom stereocenters. The summed E-state index contributed by atoms with van der Waals surface area (Å²) in [7, 11) is -4.74. The van der Waals surface area contributed by atoms with Crippen LogP contribution in [-0.4, -0.2) is 64.9 Å². The number of aliphatic hydroxyl groups excluding tert-OH is 1. The Morgan fingerprint density at radius 1 is 0.681 bits per heavy atom. The molecule has 12 heteroatoms. The van der Waals surface area contributed by atoms with Gasteiger partial charge >= 0.3 is 19.8 Å². The van der Waals surface area contributed by atoms with Gasteiger partial charge in [0.25, 0.3) is 0 Å². The van der Waals surface area contributed by atoms with Crippen LogP contribution in [0.4, 0.5) is 0 Å². The fraction of sp³-hybridized carbons (Fsp3) is 0.800. The quantitative estimate of drug-likeness (QED) is 0.0230. The number of carbonyl (C=O) groups excluding carboxylic acids is 2. The first-order valence-electron chi connectivity index (χ1n) is 17.9. The zero-order valence-corrected chi connectivity index (χ0v) is 30.0. The van der Waals surface area contributed by atoms with Crippen molar-refractivity contribution in [1.29, 1.82) is 0 Å². The summed E-state index contributed by atoms with van der Waals surface area (Å²) in [4.78, 5) is 45.5. The topological polar surface area (TPSA) is 169 Å². The Morgan fingerprint density at radius 3 is 1.74 bits per heavy atom. The van der Waals surface area contributed by atoms with Gasteiger partial charge in [-0.1, -0.05) is 115 Å². The van der Waals surface area contributed by atoms with Gasteiger partial charge in [-0.25, -0.2) is 9.36 Å². The Hall–Kier alpha value is -2.04. The van der Waals surface area contributed by atoms with Crippen molar-refractivity contribution in [3.63, 3.8) is 0 Å². The lowest BCUT2D eigenvalue weighted by molar-refractivity contribution is -0.147. The number of unbranched alkanes of at least 4 members (excludes halogenated alkanes) is 15. The van der Waals surface area contributed by atoms with Crippen LogP contribution in [0.15, 0.2) is 24.3 Å². The molecule has 47 heavy (non-hydrogen) atoms. The van der Waals surface area contributed by atoms with Gasteiger partial charge in [0.2, 0.25) is 5.91 Å². The maximum atomic E-state index is 12.2. The van der Waals surface area contributed by atoms with Gasteiger partial charge < -0.3 is 25.2 Å². The van der Waals surface area contributed by atoms with Crippen LogP contribution < -0.4 is 5.32 Å². The molecule has 0 spiro atoms. The van der Waals surface area contributed by atoms with Crippen LogP contribution in [0.2, 0.25) is 0 Å². The third kappa shape index (κ3) is 31.0. The number of hydrogen-bond donors (Lipinski definition) is 4. The maximum Gasteiger partial charge on any atom is 0.472 e. The van der Waals surface area contributed by atoms with E-state index in [0.29, 0.717) is 12.8 Å². The van der Waals surface area contributed by atoms with Crippen LogP contribution in [0.1, 0.15) is 149 Å². The van der Waals surface area contributed by atoms with Crippen molar-refractivity contribution in [2.45, 2.75) is 161 Å². The molecule has 0 radical (unpaired) electrons. The van der Waals surface area contributed by atoms with Crippen LogP contribution in [-0.2, 0) is 32.7 Å². The van der Waals surface area contributed by atoms with E-state index in [9.17, 15) is 34.1 Å². The van der Waals surface area contributed by atoms with Gasteiger partial charge in [0.05, 0.1) is 13.2 Å². The maximum absolute atomic E-state index is 12.2. The summed E-state index contributed by atoms with van der Waals surface area (Å²) >= 11 is 0. The predicted octanol–water partition coefficient (Wildman–Crippen LogP) is 7.94. The van der Waals surface area contributed by atoms with Gasteiger partial charge in [0, 0.05) is 12.8 Å². The van der Waals surface area contributed by atoms with Crippen molar-refractivity contribution in [1.82, 2.24) is 5.32 Å². The lowest BCUT2D eigenvalue weighted by Crippen LogP contribution is -2.43. The number of ether oxygens (including phenoxy) is 1. The van der Waals surface area contributed by atoms with E-state index in [4.69, 9.17) is 13.8 Å². The zero-order chi connectivity index (χ0) is 35.0. The van der Waals surface area contributed by atoms with Gasteiger partial charge in [0.1, 0.15) is 12.7 Å². The predicted molar refractivity (Wildman–Crippen MR) is 185 cm³/mol. The molecule has 1 amide bonds. The number of phosphoric ester groups is 1. The molecule has 0 aliphatic carbocycles. The largest absolute Gasteiger partial charge is 0.480 e. The zero-order valence-electron chi connectivity index (χ0n) is 29.1. The van der Waals surface area contributed by atoms with Crippen LogP contribution in [0.3, 0.4) is 0 Å². The molecule has 0 heterocycles. The highest BCUT2D eigenvalue weighted by Gasteiger charge is 2.28. The second kappa shape index (κ2) is 31.2. The minimum absolute atomic E-state index is 0.131. The molecule has 0 aromatic rings. The minimum Gasteiger partial charge on any atom is -0.480 e. The third-order valence-electron chi connectivity index (χ3n) is 7.49. The molecule has 0 aliphatic rings. The number of carboxylic acids is 1. The summed E-state index contributed by atoms with van der Waals surface area (Å²) in [6.45, 7) is 2.47. The molecule has 0 saturated heterocycles. The summed E-state index contributed by atoms with van der Waals surface area (Å²) in [5, 5.41) is 21.6. The number of esters is 1. The first kappa shape index (κ1) is 45.0. The Morgan fingerprint density at radius 2 is 1.17 bits per heavy atom. The van der Waals surface area contributed by atoms with Crippen molar-refractivity contribution in [2.75, 3.05) is 19.8 Å². The lowest BCUT2D eigenvalue weighted by atomic mass is 10.1. The molecular formula is C35H64NO10P. The fourth-order valence-corrected chi connectivity index (χ4v) is 5.41. The molecule has 0 aliphatic heterocycles. The highest BCUT2D eigenvalue weighted by molar-refractivity contribution is 7.47. The van der Waals surface area contributed by atoms with Gasteiger partial charge in [-0.15, -0.1) is 0 Å². The van der Waals surface area contributed by atoms with E-state index in [-0.39, 0.29) is 12.8 Å². The van der Waals surface area contributed by atoms with Crippen LogP contribution in [0, 0.1) is 0 Å². The van der Waals surface area contributed by atoms with Gasteiger partial charge in [-0.05, 0) is 44.9 Å². The molecule has 0 fully saturated rings. The average molecular weight is 690 g/mol. The Bertz CT molecular complexity index is 911. The van der Waals surface area contributed by atoms with Crippen molar-refractivity contribution < 1.29 is 47.8 Å². The second-order valence-corrected chi connectivity index (χ2v) is 13.5. The summed E-state index contributed by atoms with van der Waals surface area (Å²) in [5.74, 6) is -2.40. The number of aliphatic hydroxyl groups is 1. The molecule has 11 nitrogen and oxygen atoms in total. The van der Waals surface area contributed by atoms with Gasteiger partial charge in [0.15, 0.2) is 6.04 Å². The summed E-state index contributed by atoms with van der Waals surface area (Å²) in [5.41, 5.74) is 0. The van der Waals surface area contributed by atoms with Crippen molar-refractivity contribution >= 4 is 25.7 Å². The van der Waals surface area contributed by atoms with E-state index in [1.807, 2.05) is 0 Å². The van der Waals surface area contributed by atoms with E-state index < -0.39 is 57.6 Å². The van der Waals surface area contributed by atoms with Crippen molar-refractivity contribution in [3.8, 4) is 0 Å². The molecule has 0 bridgehead atoms. The number of rotatable bonds is 33. The molecule has 0 rings (SSSR count). The lowest BCUT2D eigenvalue weighted by Gasteiger charge is -2.18. The first-order chi connectivity index (χ1) is 22.6. The van der Waals surface area contributed by atoms with E-state index in [2.05, 4.69) is 43.5 Å². The molecule has 0 saturated carbocycles. The highest BCUT2D eigenvalue weighted by atomic mass is 31.2. The molecule has 3 atom stereocenters. The summed E-state index contributed by atoms with van der Waals surface area (Å²) < 4.78 is 26.6. The second-order valence-electron chi connectivity index (χ2n) is 12.1. The van der Waals surface area contributed by atoms with E-state index in [0.717, 1.165) is 64.2 Å². The van der Waals surface area contributed by atoms with Crippen molar-refractivity contribution in [2.24, 2.45) is 0 Å². The first-order valence-corrected chi connectivity index (χ1v) is 19.4. The number of allylic oxidation sites excluding steroid dienone is 4. The van der Waals surface area contributed by atoms with Crippen LogP contribution in [0.25, 0.3) is 0 Å².